The van der Waals surface area contributed by atoms with Crippen molar-refractivity contribution in [2.45, 2.75) is 11.8 Å². The third-order valence-corrected chi connectivity index (χ3v) is 6.57. The van der Waals surface area contributed by atoms with Gasteiger partial charge in [-0.3, -0.25) is 9.10 Å². The summed E-state index contributed by atoms with van der Waals surface area (Å²) in [5.74, 6) is -1.44. The number of hydrogen-bond donors (Lipinski definition) is 1. The number of carbonyl (C=O) groups excluding carboxylic acids is 2. The minimum atomic E-state index is -3.91. The van der Waals surface area contributed by atoms with E-state index in [9.17, 15) is 18.0 Å². The van der Waals surface area contributed by atoms with Crippen molar-refractivity contribution in [3.63, 3.8) is 0 Å². The summed E-state index contributed by atoms with van der Waals surface area (Å²) in [6.45, 7) is 1.34. The average molecular weight is 474 g/mol. The van der Waals surface area contributed by atoms with E-state index in [-0.39, 0.29) is 27.8 Å². The number of ether oxygens (including phenoxy) is 1. The van der Waals surface area contributed by atoms with Crippen molar-refractivity contribution < 1.29 is 22.7 Å². The summed E-state index contributed by atoms with van der Waals surface area (Å²) in [5, 5.41) is 2.61. The second-order valence-electron chi connectivity index (χ2n) is 6.49. The Morgan fingerprint density at radius 1 is 1.06 bits per heavy atom. The molecule has 2 aromatic carbocycles. The monoisotopic (exact) mass is 473 g/mol. The molecule has 166 valence electrons. The number of para-hydroxylation sites is 1. The molecule has 0 atom stereocenters. The molecular formula is C22H20ClN3O5S. The number of esters is 1. The lowest BCUT2D eigenvalue weighted by atomic mass is 10.3. The van der Waals surface area contributed by atoms with Crippen LogP contribution in [-0.2, 0) is 19.6 Å². The van der Waals surface area contributed by atoms with Crippen molar-refractivity contribution >= 4 is 44.9 Å². The van der Waals surface area contributed by atoms with Gasteiger partial charge in [0, 0.05) is 12.7 Å². The minimum Gasteiger partial charge on any atom is -0.451 e. The predicted octanol–water partition coefficient (Wildman–Crippen LogP) is 3.75. The van der Waals surface area contributed by atoms with E-state index < -0.39 is 28.5 Å². The third kappa shape index (κ3) is 5.43. The first-order valence-electron chi connectivity index (χ1n) is 9.58. The van der Waals surface area contributed by atoms with Crippen molar-refractivity contribution in [3.05, 3.63) is 83.6 Å². The van der Waals surface area contributed by atoms with Crippen LogP contribution in [0.4, 0.5) is 11.4 Å². The number of nitrogens with zero attached hydrogens (tertiary/aromatic N) is 2. The zero-order chi connectivity index (χ0) is 23.1. The summed E-state index contributed by atoms with van der Waals surface area (Å²) in [6, 6.07) is 17.4. The van der Waals surface area contributed by atoms with Crippen LogP contribution in [-0.4, -0.2) is 38.4 Å². The van der Waals surface area contributed by atoms with Crippen molar-refractivity contribution in [2.75, 3.05) is 22.8 Å². The molecule has 0 bridgehead atoms. The molecule has 0 fully saturated rings. The number of hydrogen-bond acceptors (Lipinski definition) is 6. The summed E-state index contributed by atoms with van der Waals surface area (Å²) in [5.41, 5.74) is 0.653. The number of rotatable bonds is 8. The molecule has 8 nitrogen and oxygen atoms in total. The molecule has 0 radical (unpaired) electrons. The number of carbonyl (C=O) groups is 2. The topological polar surface area (TPSA) is 106 Å². The van der Waals surface area contributed by atoms with E-state index in [1.807, 2.05) is 0 Å². The third-order valence-electron chi connectivity index (χ3n) is 4.34. The maximum atomic E-state index is 13.2. The minimum absolute atomic E-state index is 0.0478. The first kappa shape index (κ1) is 23.2. The van der Waals surface area contributed by atoms with Gasteiger partial charge in [-0.25, -0.2) is 18.2 Å². The zero-order valence-corrected chi connectivity index (χ0v) is 18.6. The van der Waals surface area contributed by atoms with E-state index in [4.69, 9.17) is 16.3 Å². The molecule has 32 heavy (non-hydrogen) atoms. The van der Waals surface area contributed by atoms with Gasteiger partial charge in [0.1, 0.15) is 5.69 Å². The fraction of sp³-hybridized carbons (Fsp3) is 0.136. The van der Waals surface area contributed by atoms with Gasteiger partial charge in [-0.1, -0.05) is 35.9 Å². The zero-order valence-electron chi connectivity index (χ0n) is 17.1. The van der Waals surface area contributed by atoms with Gasteiger partial charge in [0.15, 0.2) is 6.61 Å². The van der Waals surface area contributed by atoms with Crippen molar-refractivity contribution in [2.24, 2.45) is 0 Å². The SMILES string of the molecule is CCN(c1ccccc1)S(=O)(=O)c1ccc(Cl)c(NC(=O)COC(=O)c2ccccn2)c1. The molecule has 3 aromatic rings. The largest absolute Gasteiger partial charge is 0.451 e. The lowest BCUT2D eigenvalue weighted by molar-refractivity contribution is -0.119. The molecule has 1 aromatic heterocycles. The van der Waals surface area contributed by atoms with Gasteiger partial charge in [-0.05, 0) is 49.4 Å². The van der Waals surface area contributed by atoms with E-state index in [0.29, 0.717) is 5.69 Å². The highest BCUT2D eigenvalue weighted by molar-refractivity contribution is 7.92. The van der Waals surface area contributed by atoms with Crippen LogP contribution in [0, 0.1) is 0 Å². The number of sulfonamides is 1. The van der Waals surface area contributed by atoms with Crippen molar-refractivity contribution in [3.8, 4) is 0 Å². The van der Waals surface area contributed by atoms with Crippen LogP contribution < -0.4 is 9.62 Å². The Balaban J connectivity index is 1.75. The first-order valence-corrected chi connectivity index (χ1v) is 11.4. The van der Waals surface area contributed by atoms with Crippen LogP contribution in [0.25, 0.3) is 0 Å². The molecule has 3 rings (SSSR count). The number of aromatic nitrogens is 1. The summed E-state index contributed by atoms with van der Waals surface area (Å²) >= 11 is 6.14. The van der Waals surface area contributed by atoms with Gasteiger partial charge >= 0.3 is 5.97 Å². The van der Waals surface area contributed by atoms with Crippen LogP contribution >= 0.6 is 11.6 Å². The van der Waals surface area contributed by atoms with E-state index in [0.717, 1.165) is 0 Å². The molecule has 1 amide bonds. The Kier molecular flexibility index (Phi) is 7.45. The Bertz CT molecular complexity index is 1200. The molecule has 0 aliphatic carbocycles. The molecule has 1 N–H and O–H groups in total. The molecule has 0 aliphatic rings. The average Bonchev–Trinajstić information content (AvgIpc) is 2.80. The molecule has 0 saturated carbocycles. The Morgan fingerprint density at radius 2 is 1.78 bits per heavy atom. The van der Waals surface area contributed by atoms with Crippen LogP contribution in [0.5, 0.6) is 0 Å². The highest BCUT2D eigenvalue weighted by Gasteiger charge is 2.24. The Hall–Kier alpha value is -3.43. The van der Waals surface area contributed by atoms with Crippen molar-refractivity contribution in [1.29, 1.82) is 0 Å². The van der Waals surface area contributed by atoms with E-state index in [2.05, 4.69) is 10.3 Å². The maximum absolute atomic E-state index is 13.2. The summed E-state index contributed by atoms with van der Waals surface area (Å²) in [7, 11) is -3.91. The number of halogens is 1. The second-order valence-corrected chi connectivity index (χ2v) is 8.76. The molecule has 0 unspecified atom stereocenters. The van der Waals surface area contributed by atoms with Gasteiger partial charge in [0.05, 0.1) is 21.3 Å². The number of nitrogens with one attached hydrogen (secondary N) is 1. The Morgan fingerprint density at radius 3 is 2.44 bits per heavy atom. The molecule has 10 heteroatoms. The van der Waals surface area contributed by atoms with Crippen LogP contribution in [0.1, 0.15) is 17.4 Å². The predicted molar refractivity (Wildman–Crippen MR) is 121 cm³/mol. The number of amides is 1. The summed E-state index contributed by atoms with van der Waals surface area (Å²) in [6.07, 6.45) is 1.43. The summed E-state index contributed by atoms with van der Waals surface area (Å²) < 4.78 is 32.5. The molecule has 0 spiro atoms. The number of anilines is 2. The fourth-order valence-electron chi connectivity index (χ4n) is 2.85. The van der Waals surface area contributed by atoms with Gasteiger partial charge in [-0.15, -0.1) is 0 Å². The Labute approximate surface area is 190 Å². The molecule has 1 heterocycles. The van der Waals surface area contributed by atoms with Gasteiger partial charge in [0.25, 0.3) is 15.9 Å². The smallest absolute Gasteiger partial charge is 0.357 e. The fourth-order valence-corrected chi connectivity index (χ4v) is 4.51. The van der Waals surface area contributed by atoms with Crippen molar-refractivity contribution in [1.82, 2.24) is 4.98 Å². The second kappa shape index (κ2) is 10.3. The normalized spacial score (nSPS) is 10.9. The summed E-state index contributed by atoms with van der Waals surface area (Å²) in [4.78, 5) is 28.0. The maximum Gasteiger partial charge on any atom is 0.357 e. The quantitative estimate of drug-likeness (QED) is 0.499. The number of benzene rings is 2. The van der Waals surface area contributed by atoms with Crippen LogP contribution in [0.2, 0.25) is 5.02 Å². The molecule has 0 saturated heterocycles. The lowest BCUT2D eigenvalue weighted by Crippen LogP contribution is -2.30. The lowest BCUT2D eigenvalue weighted by Gasteiger charge is -2.23. The highest BCUT2D eigenvalue weighted by Crippen LogP contribution is 2.29. The van der Waals surface area contributed by atoms with E-state index in [1.165, 1.54) is 34.8 Å². The van der Waals surface area contributed by atoms with Crippen LogP contribution in [0.15, 0.2) is 77.8 Å². The highest BCUT2D eigenvalue weighted by atomic mass is 35.5. The molecule has 0 aliphatic heterocycles. The van der Waals surface area contributed by atoms with E-state index >= 15 is 0 Å². The van der Waals surface area contributed by atoms with Crippen LogP contribution in [0.3, 0.4) is 0 Å². The van der Waals surface area contributed by atoms with Gasteiger partial charge in [0.2, 0.25) is 0 Å². The van der Waals surface area contributed by atoms with Gasteiger partial charge in [-0.2, -0.15) is 0 Å². The molecular weight excluding hydrogens is 454 g/mol. The standard InChI is InChI=1S/C22H20ClN3O5S/c1-2-26(16-8-4-3-5-9-16)32(29,30)17-11-12-18(23)20(14-17)25-21(27)15-31-22(28)19-10-6-7-13-24-19/h3-14H,2,15H2,1H3,(H,25,27). The van der Waals surface area contributed by atoms with Gasteiger partial charge < -0.3 is 10.1 Å². The number of pyridine rings is 1. The first-order chi connectivity index (χ1) is 15.3. The van der Waals surface area contributed by atoms with E-state index in [1.54, 1.807) is 49.4 Å².